The second-order valence-corrected chi connectivity index (χ2v) is 6.92. The standard InChI is InChI=1S/C21H23FN4O/c1-2-26-19-10-9-17(23-21(27)15-5-7-16(22)8-6-15)13-18(19)24-20(26)14-25-11-3-4-12-25/h5-10,13H,2-4,11-12,14H2,1H3,(H,23,27). The van der Waals surface area contributed by atoms with Gasteiger partial charge in [0.1, 0.15) is 11.6 Å². The van der Waals surface area contributed by atoms with Gasteiger partial charge in [0.25, 0.3) is 5.91 Å². The van der Waals surface area contributed by atoms with Crippen molar-refractivity contribution >= 4 is 22.6 Å². The minimum atomic E-state index is -0.358. The first-order valence-electron chi connectivity index (χ1n) is 9.42. The predicted octanol–water partition coefficient (Wildman–Crippen LogP) is 4.04. The van der Waals surface area contributed by atoms with Gasteiger partial charge in [-0.25, -0.2) is 9.37 Å². The number of aryl methyl sites for hydroxylation is 1. The molecule has 1 aromatic heterocycles. The van der Waals surface area contributed by atoms with E-state index in [9.17, 15) is 9.18 Å². The Hall–Kier alpha value is -2.73. The van der Waals surface area contributed by atoms with Crippen LogP contribution in [0.15, 0.2) is 42.5 Å². The number of hydrogen-bond donors (Lipinski definition) is 1. The van der Waals surface area contributed by atoms with Crippen LogP contribution in [0.25, 0.3) is 11.0 Å². The lowest BCUT2D eigenvalue weighted by Gasteiger charge is -2.14. The van der Waals surface area contributed by atoms with E-state index in [2.05, 4.69) is 21.7 Å². The monoisotopic (exact) mass is 366 g/mol. The van der Waals surface area contributed by atoms with Gasteiger partial charge in [0.05, 0.1) is 17.6 Å². The Labute approximate surface area is 157 Å². The first kappa shape index (κ1) is 17.7. The molecule has 1 amide bonds. The van der Waals surface area contributed by atoms with E-state index in [-0.39, 0.29) is 11.7 Å². The van der Waals surface area contributed by atoms with Crippen molar-refractivity contribution in [1.29, 1.82) is 0 Å². The molecule has 1 saturated heterocycles. The Morgan fingerprint density at radius 2 is 1.89 bits per heavy atom. The van der Waals surface area contributed by atoms with Gasteiger partial charge in [0.2, 0.25) is 0 Å². The zero-order chi connectivity index (χ0) is 18.8. The van der Waals surface area contributed by atoms with Gasteiger partial charge in [0, 0.05) is 17.8 Å². The molecule has 0 bridgehead atoms. The number of carbonyl (C=O) groups excluding carboxylic acids is 1. The van der Waals surface area contributed by atoms with E-state index in [0.29, 0.717) is 11.3 Å². The second-order valence-electron chi connectivity index (χ2n) is 6.92. The summed E-state index contributed by atoms with van der Waals surface area (Å²) in [5.74, 6) is 0.446. The lowest BCUT2D eigenvalue weighted by atomic mass is 10.2. The average molecular weight is 366 g/mol. The van der Waals surface area contributed by atoms with Gasteiger partial charge >= 0.3 is 0 Å². The summed E-state index contributed by atoms with van der Waals surface area (Å²) >= 11 is 0. The van der Waals surface area contributed by atoms with Crippen molar-refractivity contribution < 1.29 is 9.18 Å². The molecule has 0 saturated carbocycles. The molecule has 1 fully saturated rings. The number of anilines is 1. The molecule has 0 aliphatic carbocycles. The quantitative estimate of drug-likeness (QED) is 0.741. The summed E-state index contributed by atoms with van der Waals surface area (Å²) < 4.78 is 15.3. The number of fused-ring (bicyclic) bond motifs is 1. The van der Waals surface area contributed by atoms with E-state index >= 15 is 0 Å². The molecule has 0 radical (unpaired) electrons. The maximum absolute atomic E-state index is 13.0. The summed E-state index contributed by atoms with van der Waals surface area (Å²) in [7, 11) is 0. The molecule has 1 aliphatic heterocycles. The van der Waals surface area contributed by atoms with E-state index < -0.39 is 0 Å². The Balaban J connectivity index is 1.57. The number of aromatic nitrogens is 2. The first-order chi connectivity index (χ1) is 13.1. The number of benzene rings is 2. The van der Waals surface area contributed by atoms with Crippen LogP contribution in [0.2, 0.25) is 0 Å². The minimum Gasteiger partial charge on any atom is -0.327 e. The Bertz CT molecular complexity index is 958. The van der Waals surface area contributed by atoms with Crippen molar-refractivity contribution in [2.75, 3.05) is 18.4 Å². The second kappa shape index (κ2) is 7.48. The SMILES string of the molecule is CCn1c(CN2CCCC2)nc2cc(NC(=O)c3ccc(F)cc3)ccc21. The molecule has 0 atom stereocenters. The zero-order valence-electron chi connectivity index (χ0n) is 15.4. The van der Waals surface area contributed by atoms with Crippen molar-refractivity contribution in [2.24, 2.45) is 0 Å². The molecule has 0 spiro atoms. The van der Waals surface area contributed by atoms with Crippen LogP contribution < -0.4 is 5.32 Å². The van der Waals surface area contributed by atoms with Crippen LogP contribution in [0.3, 0.4) is 0 Å². The molecule has 5 nitrogen and oxygen atoms in total. The number of nitrogens with one attached hydrogen (secondary N) is 1. The summed E-state index contributed by atoms with van der Waals surface area (Å²) in [6.45, 7) is 6.11. The van der Waals surface area contributed by atoms with Crippen molar-refractivity contribution in [3.63, 3.8) is 0 Å². The lowest BCUT2D eigenvalue weighted by Crippen LogP contribution is -2.21. The Kier molecular flexibility index (Phi) is 4.90. The van der Waals surface area contributed by atoms with Gasteiger partial charge in [-0.05, 0) is 75.3 Å². The Morgan fingerprint density at radius 3 is 2.59 bits per heavy atom. The van der Waals surface area contributed by atoms with E-state index in [1.54, 1.807) is 0 Å². The maximum Gasteiger partial charge on any atom is 0.255 e. The number of carbonyl (C=O) groups is 1. The smallest absolute Gasteiger partial charge is 0.255 e. The highest BCUT2D eigenvalue weighted by Gasteiger charge is 2.17. The third-order valence-corrected chi connectivity index (χ3v) is 5.07. The van der Waals surface area contributed by atoms with Gasteiger partial charge < -0.3 is 9.88 Å². The van der Waals surface area contributed by atoms with Crippen LogP contribution in [0.4, 0.5) is 10.1 Å². The molecule has 1 N–H and O–H groups in total. The number of amides is 1. The summed E-state index contributed by atoms with van der Waals surface area (Å²) in [4.78, 5) is 19.6. The number of halogens is 1. The third-order valence-electron chi connectivity index (χ3n) is 5.07. The van der Waals surface area contributed by atoms with Crippen molar-refractivity contribution in [2.45, 2.75) is 32.9 Å². The van der Waals surface area contributed by atoms with Gasteiger partial charge in [-0.15, -0.1) is 0 Å². The maximum atomic E-state index is 13.0. The van der Waals surface area contributed by atoms with E-state index in [0.717, 1.165) is 43.0 Å². The highest BCUT2D eigenvalue weighted by atomic mass is 19.1. The number of hydrogen-bond acceptors (Lipinski definition) is 3. The normalized spacial score (nSPS) is 14.7. The highest BCUT2D eigenvalue weighted by Crippen LogP contribution is 2.23. The van der Waals surface area contributed by atoms with Crippen molar-refractivity contribution in [3.05, 3.63) is 59.7 Å². The molecule has 27 heavy (non-hydrogen) atoms. The highest BCUT2D eigenvalue weighted by molar-refractivity contribution is 6.04. The van der Waals surface area contributed by atoms with Crippen LogP contribution >= 0.6 is 0 Å². The van der Waals surface area contributed by atoms with Crippen LogP contribution in [0, 0.1) is 5.82 Å². The fourth-order valence-electron chi connectivity index (χ4n) is 3.68. The third kappa shape index (κ3) is 3.71. The first-order valence-corrected chi connectivity index (χ1v) is 9.42. The molecule has 2 aromatic carbocycles. The lowest BCUT2D eigenvalue weighted by molar-refractivity contribution is 0.102. The largest absolute Gasteiger partial charge is 0.327 e. The van der Waals surface area contributed by atoms with Crippen LogP contribution in [-0.4, -0.2) is 33.4 Å². The van der Waals surface area contributed by atoms with Gasteiger partial charge in [0.15, 0.2) is 0 Å². The number of imidazole rings is 1. The van der Waals surface area contributed by atoms with Crippen molar-refractivity contribution in [3.8, 4) is 0 Å². The predicted molar refractivity (Wildman–Crippen MR) is 104 cm³/mol. The van der Waals surface area contributed by atoms with Crippen LogP contribution in [-0.2, 0) is 13.1 Å². The number of likely N-dealkylation sites (tertiary alicyclic amines) is 1. The minimum absolute atomic E-state index is 0.262. The molecule has 2 heterocycles. The summed E-state index contributed by atoms with van der Waals surface area (Å²) in [6, 6.07) is 11.3. The molecule has 140 valence electrons. The Morgan fingerprint density at radius 1 is 1.15 bits per heavy atom. The van der Waals surface area contributed by atoms with Gasteiger partial charge in [-0.2, -0.15) is 0 Å². The van der Waals surface area contributed by atoms with Crippen molar-refractivity contribution in [1.82, 2.24) is 14.5 Å². The fourth-order valence-corrected chi connectivity index (χ4v) is 3.68. The van der Waals surface area contributed by atoms with E-state index in [1.807, 2.05) is 18.2 Å². The van der Waals surface area contributed by atoms with Crippen LogP contribution in [0.5, 0.6) is 0 Å². The van der Waals surface area contributed by atoms with E-state index in [4.69, 9.17) is 4.98 Å². The molecule has 0 unspecified atom stereocenters. The molecule has 1 aliphatic rings. The zero-order valence-corrected chi connectivity index (χ0v) is 15.4. The van der Waals surface area contributed by atoms with Gasteiger partial charge in [-0.1, -0.05) is 0 Å². The molecule has 6 heteroatoms. The fraction of sp³-hybridized carbons (Fsp3) is 0.333. The molecular weight excluding hydrogens is 343 g/mol. The summed E-state index contributed by atoms with van der Waals surface area (Å²) in [5.41, 5.74) is 3.06. The summed E-state index contributed by atoms with van der Waals surface area (Å²) in [5, 5.41) is 2.87. The van der Waals surface area contributed by atoms with Gasteiger partial charge in [-0.3, -0.25) is 9.69 Å². The van der Waals surface area contributed by atoms with Crippen LogP contribution in [0.1, 0.15) is 35.9 Å². The molecular formula is C21H23FN4O. The molecule has 3 aromatic rings. The molecule has 4 rings (SSSR count). The average Bonchev–Trinajstić information content (AvgIpc) is 3.29. The number of nitrogens with zero attached hydrogens (tertiary/aromatic N) is 3. The number of rotatable bonds is 5. The topological polar surface area (TPSA) is 50.2 Å². The van der Waals surface area contributed by atoms with E-state index in [1.165, 1.54) is 37.1 Å². The summed E-state index contributed by atoms with van der Waals surface area (Å²) in [6.07, 6.45) is 2.51.